The fourth-order valence-electron chi connectivity index (χ4n) is 2.87. The van der Waals surface area contributed by atoms with Gasteiger partial charge in [0.15, 0.2) is 0 Å². The van der Waals surface area contributed by atoms with Crippen molar-refractivity contribution in [3.8, 4) is 0 Å². The van der Waals surface area contributed by atoms with Crippen LogP contribution in [0, 0.1) is 11.7 Å². The summed E-state index contributed by atoms with van der Waals surface area (Å²) in [6.45, 7) is 6.00. The molecule has 1 unspecified atom stereocenters. The van der Waals surface area contributed by atoms with Gasteiger partial charge in [-0.3, -0.25) is 4.90 Å². The van der Waals surface area contributed by atoms with E-state index in [0.29, 0.717) is 24.1 Å². The predicted octanol–water partition coefficient (Wildman–Crippen LogP) is 1.13. The molecule has 2 rings (SSSR count). The number of hydrogen-bond donors (Lipinski definition) is 2. The van der Waals surface area contributed by atoms with Crippen molar-refractivity contribution >= 4 is 12.6 Å². The highest BCUT2D eigenvalue weighted by Crippen LogP contribution is 2.25. The van der Waals surface area contributed by atoms with Gasteiger partial charge in [0.25, 0.3) is 0 Å². The quantitative estimate of drug-likeness (QED) is 0.802. The van der Waals surface area contributed by atoms with E-state index < -0.39 is 7.12 Å². The number of halogens is 1. The van der Waals surface area contributed by atoms with Gasteiger partial charge >= 0.3 is 7.12 Å². The molecule has 0 radical (unpaired) electrons. The highest BCUT2D eigenvalue weighted by molar-refractivity contribution is 6.58. The van der Waals surface area contributed by atoms with Gasteiger partial charge in [-0.05, 0) is 36.8 Å². The zero-order valence-electron chi connectivity index (χ0n) is 11.5. The molecular weight excluding hydrogens is 244 g/mol. The van der Waals surface area contributed by atoms with Gasteiger partial charge in [0, 0.05) is 18.2 Å². The van der Waals surface area contributed by atoms with Crippen LogP contribution in [0.3, 0.4) is 0 Å². The Labute approximate surface area is 114 Å². The lowest BCUT2D eigenvalue weighted by Gasteiger charge is -2.27. The van der Waals surface area contributed by atoms with Gasteiger partial charge in [-0.25, -0.2) is 4.39 Å². The van der Waals surface area contributed by atoms with Crippen molar-refractivity contribution in [1.82, 2.24) is 4.90 Å². The van der Waals surface area contributed by atoms with E-state index >= 15 is 0 Å². The summed E-state index contributed by atoms with van der Waals surface area (Å²) in [7, 11) is -1.61. The Morgan fingerprint density at radius 2 is 2.16 bits per heavy atom. The summed E-state index contributed by atoms with van der Waals surface area (Å²) in [5, 5.41) is 18.0. The Kier molecular flexibility index (Phi) is 4.60. The summed E-state index contributed by atoms with van der Waals surface area (Å²) in [5.74, 6) is 0.212. The molecule has 3 nitrogen and oxygen atoms in total. The van der Waals surface area contributed by atoms with Crippen LogP contribution >= 0.6 is 0 Å². The second-order valence-corrected chi connectivity index (χ2v) is 5.65. The van der Waals surface area contributed by atoms with E-state index in [2.05, 4.69) is 18.7 Å². The molecule has 0 amide bonds. The minimum Gasteiger partial charge on any atom is -0.423 e. The van der Waals surface area contributed by atoms with E-state index in [9.17, 15) is 4.39 Å². The maximum atomic E-state index is 13.9. The Bertz CT molecular complexity index is 439. The normalized spacial score (nSPS) is 20.2. The average molecular weight is 265 g/mol. The maximum Gasteiger partial charge on any atom is 0.488 e. The third-order valence-corrected chi connectivity index (χ3v) is 3.93. The fraction of sp³-hybridized carbons (Fsp3) is 0.571. The van der Waals surface area contributed by atoms with Gasteiger partial charge in [0.2, 0.25) is 0 Å². The van der Waals surface area contributed by atoms with E-state index in [-0.39, 0.29) is 11.3 Å². The van der Waals surface area contributed by atoms with E-state index in [1.165, 1.54) is 12.5 Å². The van der Waals surface area contributed by atoms with Crippen molar-refractivity contribution < 1.29 is 14.4 Å². The highest BCUT2D eigenvalue weighted by Gasteiger charge is 2.27. The summed E-state index contributed by atoms with van der Waals surface area (Å²) >= 11 is 0. The van der Waals surface area contributed by atoms with Gasteiger partial charge in [0.1, 0.15) is 5.82 Å². The van der Waals surface area contributed by atoms with Gasteiger partial charge in [-0.2, -0.15) is 0 Å². The Morgan fingerprint density at radius 1 is 1.42 bits per heavy atom. The molecule has 1 aromatic carbocycles. The van der Waals surface area contributed by atoms with Gasteiger partial charge in [0.05, 0.1) is 0 Å². The molecule has 1 atom stereocenters. The molecule has 1 aliphatic heterocycles. The molecule has 0 aromatic heterocycles. The van der Waals surface area contributed by atoms with Crippen LogP contribution in [0.1, 0.15) is 32.3 Å². The lowest BCUT2D eigenvalue weighted by Crippen LogP contribution is -2.34. The minimum atomic E-state index is -1.61. The van der Waals surface area contributed by atoms with Crippen LogP contribution in [-0.4, -0.2) is 34.7 Å². The molecule has 19 heavy (non-hydrogen) atoms. The van der Waals surface area contributed by atoms with Crippen molar-refractivity contribution in [1.29, 1.82) is 0 Å². The maximum absolute atomic E-state index is 13.9. The summed E-state index contributed by atoms with van der Waals surface area (Å²) in [6, 6.07) is 4.95. The van der Waals surface area contributed by atoms with Crippen molar-refractivity contribution in [2.24, 2.45) is 5.92 Å². The zero-order valence-corrected chi connectivity index (χ0v) is 11.5. The molecule has 5 heteroatoms. The SMILES string of the molecule is CC(C)C1CCCN1Cc1ccc(B(O)O)cc1F. The molecule has 0 saturated carbocycles. The Hall–Kier alpha value is -0.905. The summed E-state index contributed by atoms with van der Waals surface area (Å²) in [4.78, 5) is 2.32. The van der Waals surface area contributed by atoms with Gasteiger partial charge < -0.3 is 10.0 Å². The number of benzene rings is 1. The third-order valence-electron chi connectivity index (χ3n) is 3.93. The van der Waals surface area contributed by atoms with Crippen molar-refractivity contribution in [3.63, 3.8) is 0 Å². The monoisotopic (exact) mass is 265 g/mol. The number of hydrogen-bond acceptors (Lipinski definition) is 3. The molecule has 0 aliphatic carbocycles. The van der Waals surface area contributed by atoms with Gasteiger partial charge in [-0.15, -0.1) is 0 Å². The van der Waals surface area contributed by atoms with E-state index in [4.69, 9.17) is 10.0 Å². The van der Waals surface area contributed by atoms with E-state index in [1.54, 1.807) is 12.1 Å². The van der Waals surface area contributed by atoms with Crippen LogP contribution in [0.4, 0.5) is 4.39 Å². The summed E-state index contributed by atoms with van der Waals surface area (Å²) < 4.78 is 13.9. The number of likely N-dealkylation sites (tertiary alicyclic amines) is 1. The lowest BCUT2D eigenvalue weighted by atomic mass is 9.80. The van der Waals surface area contributed by atoms with Gasteiger partial charge in [-0.1, -0.05) is 26.0 Å². The van der Waals surface area contributed by atoms with Crippen molar-refractivity contribution in [2.75, 3.05) is 6.54 Å². The first-order chi connectivity index (χ1) is 8.99. The smallest absolute Gasteiger partial charge is 0.423 e. The fourth-order valence-corrected chi connectivity index (χ4v) is 2.87. The third kappa shape index (κ3) is 3.35. The predicted molar refractivity (Wildman–Crippen MR) is 74.5 cm³/mol. The molecular formula is C14H21BFNO2. The van der Waals surface area contributed by atoms with Crippen molar-refractivity contribution in [2.45, 2.75) is 39.3 Å². The van der Waals surface area contributed by atoms with Crippen LogP contribution in [-0.2, 0) is 6.54 Å². The molecule has 1 heterocycles. The van der Waals surface area contributed by atoms with Crippen LogP contribution in [0.2, 0.25) is 0 Å². The topological polar surface area (TPSA) is 43.7 Å². The molecule has 1 fully saturated rings. The second kappa shape index (κ2) is 6.03. The van der Waals surface area contributed by atoms with Crippen LogP contribution < -0.4 is 5.46 Å². The average Bonchev–Trinajstić information content (AvgIpc) is 2.79. The second-order valence-electron chi connectivity index (χ2n) is 5.65. The molecule has 0 bridgehead atoms. The minimum absolute atomic E-state index is 0.197. The van der Waals surface area contributed by atoms with E-state index in [1.807, 2.05) is 0 Å². The first-order valence-corrected chi connectivity index (χ1v) is 6.87. The van der Waals surface area contributed by atoms with Crippen LogP contribution in [0.5, 0.6) is 0 Å². The molecule has 1 saturated heterocycles. The molecule has 1 aliphatic rings. The first-order valence-electron chi connectivity index (χ1n) is 6.87. The molecule has 0 spiro atoms. The summed E-state index contributed by atoms with van der Waals surface area (Å²) in [5.41, 5.74) is 0.819. The largest absolute Gasteiger partial charge is 0.488 e. The Balaban J connectivity index is 2.11. The molecule has 1 aromatic rings. The molecule has 2 N–H and O–H groups in total. The molecule has 104 valence electrons. The Morgan fingerprint density at radius 3 is 2.74 bits per heavy atom. The number of nitrogens with zero attached hydrogens (tertiary/aromatic N) is 1. The standard InChI is InChI=1S/C14H21BFNO2/c1-10(2)14-4-3-7-17(14)9-11-5-6-12(15(18)19)8-13(11)16/h5-6,8,10,14,18-19H,3-4,7,9H2,1-2H3. The lowest BCUT2D eigenvalue weighted by molar-refractivity contribution is 0.196. The zero-order chi connectivity index (χ0) is 14.0. The number of rotatable bonds is 4. The van der Waals surface area contributed by atoms with Crippen molar-refractivity contribution in [3.05, 3.63) is 29.6 Å². The first kappa shape index (κ1) is 14.5. The van der Waals surface area contributed by atoms with E-state index in [0.717, 1.165) is 13.0 Å². The van der Waals surface area contributed by atoms with Crippen LogP contribution in [0.25, 0.3) is 0 Å². The highest BCUT2D eigenvalue weighted by atomic mass is 19.1. The van der Waals surface area contributed by atoms with Crippen LogP contribution in [0.15, 0.2) is 18.2 Å². The summed E-state index contributed by atoms with van der Waals surface area (Å²) in [6.07, 6.45) is 2.34.